The monoisotopic (exact) mass is 372 g/mol. The highest BCUT2D eigenvalue weighted by molar-refractivity contribution is 7.09. The van der Waals surface area contributed by atoms with E-state index in [1.165, 1.54) is 0 Å². The quantitative estimate of drug-likeness (QED) is 0.624. The van der Waals surface area contributed by atoms with Crippen LogP contribution >= 0.6 is 11.3 Å². The molecular formula is C15H19F3N6S. The number of anilines is 1. The molecule has 6 nitrogen and oxygen atoms in total. The molecule has 2 heterocycles. The standard InChI is InChI=1S/C15H19F3N6S/c1-19-14(21-7-10-4-5-20-12(6-10)24(2)3)22-8-13-23-11(9-25-13)15(16,17)18/h4-6,9H,7-8H2,1-3H3,(H2,19,21,22). The van der Waals surface area contributed by atoms with Crippen molar-refractivity contribution in [2.75, 3.05) is 26.0 Å². The third-order valence-electron chi connectivity index (χ3n) is 3.20. The summed E-state index contributed by atoms with van der Waals surface area (Å²) in [7, 11) is 5.41. The van der Waals surface area contributed by atoms with E-state index in [2.05, 4.69) is 25.6 Å². The van der Waals surface area contributed by atoms with Crippen LogP contribution < -0.4 is 15.5 Å². The highest BCUT2D eigenvalue weighted by atomic mass is 32.1. The SMILES string of the molecule is CN=C(NCc1ccnc(N(C)C)c1)NCc1nc(C(F)(F)F)cs1. The maximum atomic E-state index is 12.5. The molecule has 0 fully saturated rings. The Morgan fingerprint density at radius 1 is 1.28 bits per heavy atom. The van der Waals surface area contributed by atoms with Gasteiger partial charge in [0.2, 0.25) is 0 Å². The van der Waals surface area contributed by atoms with Gasteiger partial charge in [0.15, 0.2) is 11.7 Å². The number of aliphatic imine (C=N–C) groups is 1. The Hall–Kier alpha value is -2.36. The Bertz CT molecular complexity index is 726. The highest BCUT2D eigenvalue weighted by Gasteiger charge is 2.33. The molecule has 0 bridgehead atoms. The number of alkyl halides is 3. The molecule has 10 heteroatoms. The van der Waals surface area contributed by atoms with Crippen molar-refractivity contribution in [2.24, 2.45) is 4.99 Å². The fourth-order valence-corrected chi connectivity index (χ4v) is 2.64. The Kier molecular flexibility index (Phi) is 6.18. The molecule has 2 N–H and O–H groups in total. The van der Waals surface area contributed by atoms with Gasteiger partial charge in [0.1, 0.15) is 10.8 Å². The van der Waals surface area contributed by atoms with Crippen LogP contribution in [0.5, 0.6) is 0 Å². The molecule has 2 aromatic heterocycles. The molecule has 0 spiro atoms. The second-order valence-electron chi connectivity index (χ2n) is 5.32. The number of aromatic nitrogens is 2. The first-order chi connectivity index (χ1) is 11.8. The molecule has 0 atom stereocenters. The average molecular weight is 372 g/mol. The zero-order chi connectivity index (χ0) is 18.4. The molecule has 0 aliphatic heterocycles. The Morgan fingerprint density at radius 3 is 2.60 bits per heavy atom. The Balaban J connectivity index is 1.89. The topological polar surface area (TPSA) is 65.4 Å². The predicted octanol–water partition coefficient (Wildman–Crippen LogP) is 2.49. The van der Waals surface area contributed by atoms with Gasteiger partial charge in [0, 0.05) is 39.3 Å². The second-order valence-corrected chi connectivity index (χ2v) is 6.26. The van der Waals surface area contributed by atoms with E-state index in [-0.39, 0.29) is 6.54 Å². The first-order valence-corrected chi connectivity index (χ1v) is 8.26. The number of pyridine rings is 1. The third-order valence-corrected chi connectivity index (χ3v) is 4.05. The number of hydrogen-bond donors (Lipinski definition) is 2. The zero-order valence-electron chi connectivity index (χ0n) is 14.1. The predicted molar refractivity (Wildman–Crippen MR) is 92.7 cm³/mol. The molecule has 0 saturated heterocycles. The number of hydrogen-bond acceptors (Lipinski definition) is 5. The largest absolute Gasteiger partial charge is 0.434 e. The van der Waals surface area contributed by atoms with E-state index in [9.17, 15) is 13.2 Å². The van der Waals surface area contributed by atoms with E-state index in [0.29, 0.717) is 17.5 Å². The van der Waals surface area contributed by atoms with E-state index in [4.69, 9.17) is 0 Å². The van der Waals surface area contributed by atoms with Crippen LogP contribution in [0, 0.1) is 0 Å². The lowest BCUT2D eigenvalue weighted by Crippen LogP contribution is -2.36. The first kappa shape index (κ1) is 19.0. The van der Waals surface area contributed by atoms with Gasteiger partial charge in [-0.2, -0.15) is 13.2 Å². The van der Waals surface area contributed by atoms with Crippen molar-refractivity contribution in [3.05, 3.63) is 40.0 Å². The van der Waals surface area contributed by atoms with Crippen molar-refractivity contribution in [1.82, 2.24) is 20.6 Å². The minimum absolute atomic E-state index is 0.166. The van der Waals surface area contributed by atoms with Crippen molar-refractivity contribution in [2.45, 2.75) is 19.3 Å². The second kappa shape index (κ2) is 8.15. The van der Waals surface area contributed by atoms with Gasteiger partial charge in [0.25, 0.3) is 0 Å². The lowest BCUT2D eigenvalue weighted by Gasteiger charge is -2.14. The minimum Gasteiger partial charge on any atom is -0.363 e. The number of guanidine groups is 1. The smallest absolute Gasteiger partial charge is 0.363 e. The zero-order valence-corrected chi connectivity index (χ0v) is 14.9. The van der Waals surface area contributed by atoms with Crippen LogP contribution in [-0.4, -0.2) is 37.1 Å². The fourth-order valence-electron chi connectivity index (χ4n) is 1.90. The average Bonchev–Trinajstić information content (AvgIpc) is 3.04. The molecule has 136 valence electrons. The molecule has 0 aliphatic rings. The highest BCUT2D eigenvalue weighted by Crippen LogP contribution is 2.29. The maximum absolute atomic E-state index is 12.5. The van der Waals surface area contributed by atoms with Gasteiger partial charge in [-0.3, -0.25) is 4.99 Å². The molecule has 0 aliphatic carbocycles. The van der Waals surface area contributed by atoms with Crippen LogP contribution in [0.15, 0.2) is 28.7 Å². The van der Waals surface area contributed by atoms with E-state index in [0.717, 1.165) is 28.1 Å². The van der Waals surface area contributed by atoms with Crippen molar-refractivity contribution >= 4 is 23.1 Å². The summed E-state index contributed by atoms with van der Waals surface area (Å²) in [6, 6.07) is 3.82. The normalized spacial score (nSPS) is 12.2. The molecular weight excluding hydrogens is 353 g/mol. The first-order valence-electron chi connectivity index (χ1n) is 7.38. The van der Waals surface area contributed by atoms with Gasteiger partial charge in [-0.05, 0) is 17.7 Å². The van der Waals surface area contributed by atoms with E-state index in [1.54, 1.807) is 13.2 Å². The molecule has 0 radical (unpaired) electrons. The number of nitrogens with zero attached hydrogens (tertiary/aromatic N) is 4. The van der Waals surface area contributed by atoms with E-state index >= 15 is 0 Å². The molecule has 0 saturated carbocycles. The van der Waals surface area contributed by atoms with Gasteiger partial charge >= 0.3 is 6.18 Å². The third kappa shape index (κ3) is 5.59. The molecule has 2 rings (SSSR count). The Morgan fingerprint density at radius 2 is 2.00 bits per heavy atom. The van der Waals surface area contributed by atoms with Crippen LogP contribution in [-0.2, 0) is 19.3 Å². The van der Waals surface area contributed by atoms with Gasteiger partial charge in [-0.1, -0.05) is 0 Å². The summed E-state index contributed by atoms with van der Waals surface area (Å²) >= 11 is 0.958. The van der Waals surface area contributed by atoms with Crippen LogP contribution in [0.2, 0.25) is 0 Å². The van der Waals surface area contributed by atoms with Crippen molar-refractivity contribution in [3.8, 4) is 0 Å². The number of thiazole rings is 1. The van der Waals surface area contributed by atoms with Crippen molar-refractivity contribution in [1.29, 1.82) is 0 Å². The van der Waals surface area contributed by atoms with Gasteiger partial charge in [0.05, 0.1) is 6.54 Å². The van der Waals surface area contributed by atoms with Crippen LogP contribution in [0.1, 0.15) is 16.3 Å². The summed E-state index contributed by atoms with van der Waals surface area (Å²) in [5, 5.41) is 7.41. The molecule has 0 unspecified atom stereocenters. The maximum Gasteiger partial charge on any atom is 0.434 e. The fraction of sp³-hybridized carbons (Fsp3) is 0.400. The van der Waals surface area contributed by atoms with Crippen LogP contribution in [0.4, 0.5) is 19.0 Å². The summed E-state index contributed by atoms with van der Waals surface area (Å²) in [5.74, 6) is 1.32. The summed E-state index contributed by atoms with van der Waals surface area (Å²) in [4.78, 5) is 13.8. The van der Waals surface area contributed by atoms with Crippen LogP contribution in [0.25, 0.3) is 0 Å². The van der Waals surface area contributed by atoms with E-state index < -0.39 is 11.9 Å². The summed E-state index contributed by atoms with van der Waals surface area (Å²) < 4.78 is 37.6. The molecule has 0 amide bonds. The van der Waals surface area contributed by atoms with Crippen molar-refractivity contribution in [3.63, 3.8) is 0 Å². The van der Waals surface area contributed by atoms with Gasteiger partial charge in [-0.15, -0.1) is 11.3 Å². The van der Waals surface area contributed by atoms with Crippen molar-refractivity contribution < 1.29 is 13.2 Å². The summed E-state index contributed by atoms with van der Waals surface area (Å²) in [6.07, 6.45) is -2.70. The minimum atomic E-state index is -4.42. The summed E-state index contributed by atoms with van der Waals surface area (Å²) in [5.41, 5.74) is 0.139. The molecule has 2 aromatic rings. The van der Waals surface area contributed by atoms with Gasteiger partial charge < -0.3 is 15.5 Å². The number of rotatable bonds is 5. The molecule has 25 heavy (non-hydrogen) atoms. The lowest BCUT2D eigenvalue weighted by molar-refractivity contribution is -0.140. The molecule has 0 aromatic carbocycles. The lowest BCUT2D eigenvalue weighted by atomic mass is 10.2. The van der Waals surface area contributed by atoms with Crippen LogP contribution in [0.3, 0.4) is 0 Å². The number of nitrogens with one attached hydrogen (secondary N) is 2. The Labute approximate surface area is 147 Å². The summed E-state index contributed by atoms with van der Waals surface area (Å²) in [6.45, 7) is 0.675. The number of halogens is 3. The van der Waals surface area contributed by atoms with E-state index in [1.807, 2.05) is 31.1 Å². The van der Waals surface area contributed by atoms with Gasteiger partial charge in [-0.25, -0.2) is 9.97 Å².